The van der Waals surface area contributed by atoms with Gasteiger partial charge in [-0.2, -0.15) is 5.10 Å². The summed E-state index contributed by atoms with van der Waals surface area (Å²) < 4.78 is 12.6. The highest BCUT2D eigenvalue weighted by atomic mass is 16.5. The van der Waals surface area contributed by atoms with Crippen molar-refractivity contribution < 1.29 is 14.3 Å². The van der Waals surface area contributed by atoms with Crippen LogP contribution in [0.1, 0.15) is 12.5 Å². The molecule has 3 aromatic rings. The van der Waals surface area contributed by atoms with Crippen molar-refractivity contribution in [3.05, 3.63) is 66.4 Å². The Labute approximate surface area is 158 Å². The topological polar surface area (TPSA) is 64.8 Å². The van der Waals surface area contributed by atoms with E-state index in [0.717, 1.165) is 28.8 Å². The van der Waals surface area contributed by atoms with Crippen molar-refractivity contribution in [2.75, 3.05) is 13.7 Å². The molecule has 1 amide bonds. The maximum absolute atomic E-state index is 11.1. The number of nitrogens with zero attached hydrogens (tertiary/aromatic N) is 2. The molecule has 2 aromatic carbocycles. The number of ether oxygens (including phenoxy) is 2. The van der Waals surface area contributed by atoms with Gasteiger partial charge in [0.15, 0.2) is 0 Å². The summed E-state index contributed by atoms with van der Waals surface area (Å²) in [5, 5.41) is 5.02. The molecule has 1 unspecified atom stereocenters. The lowest BCUT2D eigenvalue weighted by Gasteiger charge is -2.14. The first-order valence-electron chi connectivity index (χ1n) is 8.80. The molecule has 1 atom stereocenters. The summed E-state index contributed by atoms with van der Waals surface area (Å²) in [4.78, 5) is 11.1. The quantitative estimate of drug-likeness (QED) is 0.507. The van der Waals surface area contributed by atoms with Gasteiger partial charge in [0, 0.05) is 35.1 Å². The minimum absolute atomic E-state index is 0.319. The minimum atomic E-state index is -0.596. The number of amides is 1. The smallest absolute Gasteiger partial charge is 0.427 e. The number of fused-ring (bicyclic) bond motifs is 1. The summed E-state index contributed by atoms with van der Waals surface area (Å²) in [5.74, 6) is 1.20. The van der Waals surface area contributed by atoms with Gasteiger partial charge in [0.25, 0.3) is 0 Å². The van der Waals surface area contributed by atoms with Gasteiger partial charge in [0.2, 0.25) is 0 Å². The molecule has 0 saturated heterocycles. The van der Waals surface area contributed by atoms with Crippen LogP contribution < -0.4 is 10.2 Å². The summed E-state index contributed by atoms with van der Waals surface area (Å²) >= 11 is 0. The highest BCUT2D eigenvalue weighted by molar-refractivity contribution is 5.99. The van der Waals surface area contributed by atoms with Gasteiger partial charge in [-0.25, -0.2) is 10.2 Å². The maximum atomic E-state index is 11.1. The molecule has 0 spiro atoms. The number of carbonyl (C=O) groups excluding carboxylic acids is 1. The number of carbonyl (C=O) groups is 1. The van der Waals surface area contributed by atoms with E-state index in [1.54, 1.807) is 6.21 Å². The van der Waals surface area contributed by atoms with E-state index in [1.165, 1.54) is 7.11 Å². The average Bonchev–Trinajstić information content (AvgIpc) is 3.04. The number of para-hydroxylation sites is 2. The average molecular weight is 365 g/mol. The summed E-state index contributed by atoms with van der Waals surface area (Å²) in [7, 11) is 1.30. The van der Waals surface area contributed by atoms with Gasteiger partial charge < -0.3 is 14.0 Å². The van der Waals surface area contributed by atoms with Gasteiger partial charge in [-0.3, -0.25) is 0 Å². The summed E-state index contributed by atoms with van der Waals surface area (Å²) in [6, 6.07) is 17.9. The number of nitrogens with one attached hydrogen (secondary N) is 1. The molecule has 0 radical (unpaired) electrons. The van der Waals surface area contributed by atoms with E-state index >= 15 is 0 Å². The fraction of sp³-hybridized carbons (Fsp3) is 0.238. The Morgan fingerprint density at radius 1 is 1.19 bits per heavy atom. The lowest BCUT2D eigenvalue weighted by atomic mass is 10.2. The van der Waals surface area contributed by atoms with Crippen LogP contribution in [0.15, 0.2) is 65.9 Å². The molecule has 0 aliphatic rings. The summed E-state index contributed by atoms with van der Waals surface area (Å²) in [5.41, 5.74) is 4.36. The van der Waals surface area contributed by atoms with Crippen LogP contribution >= 0.6 is 0 Å². The van der Waals surface area contributed by atoms with Crippen LogP contribution in [0, 0.1) is 5.92 Å². The second-order valence-corrected chi connectivity index (χ2v) is 6.34. The van der Waals surface area contributed by atoms with Crippen LogP contribution in [-0.2, 0) is 11.3 Å². The van der Waals surface area contributed by atoms with Gasteiger partial charge in [-0.1, -0.05) is 43.3 Å². The number of hydrogen-bond donors (Lipinski definition) is 1. The van der Waals surface area contributed by atoms with Crippen molar-refractivity contribution >= 4 is 23.2 Å². The van der Waals surface area contributed by atoms with Crippen molar-refractivity contribution in [3.8, 4) is 5.75 Å². The van der Waals surface area contributed by atoms with E-state index in [1.807, 2.05) is 54.7 Å². The highest BCUT2D eigenvalue weighted by Gasteiger charge is 2.10. The van der Waals surface area contributed by atoms with Crippen LogP contribution in [0.4, 0.5) is 4.79 Å². The molecule has 0 aliphatic heterocycles. The normalized spacial score (nSPS) is 12.2. The SMILES string of the molecule is COC(=O)N/N=C/c1cn(CC(C)COc2ccccc2)c2ccccc12. The molecular weight excluding hydrogens is 342 g/mol. The van der Waals surface area contributed by atoms with Crippen LogP contribution in [0.25, 0.3) is 10.9 Å². The second kappa shape index (κ2) is 8.89. The van der Waals surface area contributed by atoms with E-state index in [-0.39, 0.29) is 0 Å². The van der Waals surface area contributed by atoms with Gasteiger partial charge >= 0.3 is 6.09 Å². The van der Waals surface area contributed by atoms with Crippen LogP contribution in [0.5, 0.6) is 5.75 Å². The lowest BCUT2D eigenvalue weighted by Crippen LogP contribution is -2.16. The molecule has 0 bridgehead atoms. The first kappa shape index (κ1) is 18.5. The molecule has 0 fully saturated rings. The van der Waals surface area contributed by atoms with Crippen LogP contribution in [-0.4, -0.2) is 30.6 Å². The van der Waals surface area contributed by atoms with Crippen molar-refractivity contribution in [3.63, 3.8) is 0 Å². The Bertz CT molecular complexity index is 919. The van der Waals surface area contributed by atoms with Gasteiger partial charge in [-0.05, 0) is 18.2 Å². The molecule has 0 aliphatic carbocycles. The molecule has 1 aromatic heterocycles. The number of aromatic nitrogens is 1. The largest absolute Gasteiger partial charge is 0.493 e. The van der Waals surface area contributed by atoms with Crippen LogP contribution in [0.3, 0.4) is 0 Å². The van der Waals surface area contributed by atoms with Crippen molar-refractivity contribution in [2.45, 2.75) is 13.5 Å². The lowest BCUT2D eigenvalue weighted by molar-refractivity contribution is 0.171. The third kappa shape index (κ3) is 4.88. The molecule has 3 rings (SSSR count). The zero-order chi connectivity index (χ0) is 19.1. The second-order valence-electron chi connectivity index (χ2n) is 6.34. The van der Waals surface area contributed by atoms with E-state index < -0.39 is 6.09 Å². The predicted molar refractivity (Wildman–Crippen MR) is 106 cm³/mol. The first-order chi connectivity index (χ1) is 13.2. The number of rotatable bonds is 7. The van der Waals surface area contributed by atoms with Crippen molar-refractivity contribution in [1.29, 1.82) is 0 Å². The number of hydrogen-bond acceptors (Lipinski definition) is 4. The molecule has 1 heterocycles. The fourth-order valence-corrected chi connectivity index (χ4v) is 2.87. The molecule has 6 heteroatoms. The zero-order valence-corrected chi connectivity index (χ0v) is 15.5. The van der Waals surface area contributed by atoms with Crippen molar-refractivity contribution in [1.82, 2.24) is 9.99 Å². The van der Waals surface area contributed by atoms with Gasteiger partial charge in [-0.15, -0.1) is 0 Å². The van der Waals surface area contributed by atoms with Gasteiger partial charge in [0.05, 0.1) is 19.9 Å². The van der Waals surface area contributed by atoms with Crippen molar-refractivity contribution in [2.24, 2.45) is 11.0 Å². The third-order valence-electron chi connectivity index (χ3n) is 4.15. The minimum Gasteiger partial charge on any atom is -0.493 e. The summed E-state index contributed by atoms with van der Waals surface area (Å²) in [6.07, 6.45) is 3.06. The zero-order valence-electron chi connectivity index (χ0n) is 15.5. The van der Waals surface area contributed by atoms with Crippen LogP contribution in [0.2, 0.25) is 0 Å². The third-order valence-corrected chi connectivity index (χ3v) is 4.15. The Hall–Kier alpha value is -3.28. The molecule has 1 N–H and O–H groups in total. The predicted octanol–water partition coefficient (Wildman–Crippen LogP) is 4.05. The standard InChI is InChI=1S/C21H23N3O3/c1-16(15-27-18-8-4-3-5-9-18)13-24-14-17(12-22-23-21(25)26-2)19-10-6-7-11-20(19)24/h3-12,14,16H,13,15H2,1-2H3,(H,23,25)/b22-12+. The van der Waals surface area contributed by atoms with E-state index in [4.69, 9.17) is 4.74 Å². The highest BCUT2D eigenvalue weighted by Crippen LogP contribution is 2.21. The summed E-state index contributed by atoms with van der Waals surface area (Å²) in [6.45, 7) is 3.60. The maximum Gasteiger partial charge on any atom is 0.427 e. The van der Waals surface area contributed by atoms with E-state index in [2.05, 4.69) is 32.8 Å². The van der Waals surface area contributed by atoms with E-state index in [0.29, 0.717) is 12.5 Å². The van der Waals surface area contributed by atoms with E-state index in [9.17, 15) is 4.79 Å². The Kier molecular flexibility index (Phi) is 6.10. The fourth-order valence-electron chi connectivity index (χ4n) is 2.87. The van der Waals surface area contributed by atoms with Gasteiger partial charge in [0.1, 0.15) is 5.75 Å². The molecule has 27 heavy (non-hydrogen) atoms. The Morgan fingerprint density at radius 2 is 1.93 bits per heavy atom. The number of methoxy groups -OCH3 is 1. The molecule has 140 valence electrons. The number of benzene rings is 2. The monoisotopic (exact) mass is 365 g/mol. The number of hydrazone groups is 1. The Balaban J connectivity index is 1.71. The molecular formula is C21H23N3O3. The first-order valence-corrected chi connectivity index (χ1v) is 8.80. The Morgan fingerprint density at radius 3 is 2.70 bits per heavy atom. The molecule has 6 nitrogen and oxygen atoms in total. The molecule has 0 saturated carbocycles.